The molecule has 0 radical (unpaired) electrons. The Morgan fingerprint density at radius 2 is 2.00 bits per heavy atom. The molecule has 0 aromatic rings. The normalized spacial score (nSPS) is 29.7. The first-order chi connectivity index (χ1) is 5.83. The summed E-state index contributed by atoms with van der Waals surface area (Å²) < 4.78 is 0. The maximum atomic E-state index is 5.15. The van der Waals surface area contributed by atoms with Crippen LogP contribution in [0.1, 0.15) is 32.6 Å². The maximum absolute atomic E-state index is 5.15. The van der Waals surface area contributed by atoms with Crippen LogP contribution in [-0.4, -0.2) is 13.1 Å². The van der Waals surface area contributed by atoms with Crippen molar-refractivity contribution in [3.8, 4) is 12.3 Å². The predicted octanol–water partition coefficient (Wildman–Crippen LogP) is 2.04. The van der Waals surface area contributed by atoms with Crippen LogP contribution in [0.15, 0.2) is 0 Å². The average Bonchev–Trinajstić information content (AvgIpc) is 2.09. The van der Waals surface area contributed by atoms with Crippen molar-refractivity contribution in [2.75, 3.05) is 13.1 Å². The zero-order valence-corrected chi connectivity index (χ0v) is 7.97. The molecule has 0 saturated heterocycles. The van der Waals surface area contributed by atoms with E-state index in [-0.39, 0.29) is 0 Å². The molecule has 1 aliphatic carbocycles. The SMILES string of the molecule is C#CCNCC1CCC(C)CC1. The standard InChI is InChI=1S/C11H19N/c1-3-8-12-9-11-6-4-10(2)5-7-11/h1,10-12H,4-9H2,2H3. The van der Waals surface area contributed by atoms with Crippen molar-refractivity contribution in [2.45, 2.75) is 32.6 Å². The van der Waals surface area contributed by atoms with E-state index in [9.17, 15) is 0 Å². The van der Waals surface area contributed by atoms with Crippen LogP contribution in [0.3, 0.4) is 0 Å². The van der Waals surface area contributed by atoms with Crippen LogP contribution in [0.2, 0.25) is 0 Å². The van der Waals surface area contributed by atoms with Gasteiger partial charge in [0.05, 0.1) is 6.54 Å². The number of hydrogen-bond donors (Lipinski definition) is 1. The highest BCUT2D eigenvalue weighted by Crippen LogP contribution is 2.27. The van der Waals surface area contributed by atoms with Gasteiger partial charge >= 0.3 is 0 Å². The van der Waals surface area contributed by atoms with E-state index in [1.807, 2.05) is 0 Å². The molecule has 0 amide bonds. The third-order valence-electron chi connectivity index (χ3n) is 2.80. The van der Waals surface area contributed by atoms with Gasteiger partial charge in [0.15, 0.2) is 0 Å². The highest BCUT2D eigenvalue weighted by molar-refractivity contribution is 4.87. The predicted molar refractivity (Wildman–Crippen MR) is 52.8 cm³/mol. The quantitative estimate of drug-likeness (QED) is 0.498. The van der Waals surface area contributed by atoms with Crippen LogP contribution < -0.4 is 5.32 Å². The highest BCUT2D eigenvalue weighted by atomic mass is 14.8. The van der Waals surface area contributed by atoms with E-state index in [1.54, 1.807) is 0 Å². The van der Waals surface area contributed by atoms with Crippen molar-refractivity contribution in [3.63, 3.8) is 0 Å². The molecule has 1 heteroatoms. The fraction of sp³-hybridized carbons (Fsp3) is 0.818. The fourth-order valence-corrected chi connectivity index (χ4v) is 1.88. The van der Waals surface area contributed by atoms with Crippen molar-refractivity contribution in [1.29, 1.82) is 0 Å². The molecule has 0 aromatic heterocycles. The van der Waals surface area contributed by atoms with Gasteiger partial charge in [0.2, 0.25) is 0 Å². The molecule has 0 heterocycles. The average molecular weight is 165 g/mol. The Morgan fingerprint density at radius 3 is 2.58 bits per heavy atom. The molecule has 68 valence electrons. The first kappa shape index (κ1) is 9.61. The molecule has 0 aromatic carbocycles. The van der Waals surface area contributed by atoms with Gasteiger partial charge in [0, 0.05) is 0 Å². The summed E-state index contributed by atoms with van der Waals surface area (Å²) in [6.45, 7) is 4.20. The molecule has 0 bridgehead atoms. The lowest BCUT2D eigenvalue weighted by atomic mass is 9.83. The van der Waals surface area contributed by atoms with Crippen molar-refractivity contribution in [2.24, 2.45) is 11.8 Å². The molecule has 1 aliphatic rings. The zero-order valence-electron chi connectivity index (χ0n) is 7.97. The second kappa shape index (κ2) is 5.22. The molecule has 0 atom stereocenters. The monoisotopic (exact) mass is 165 g/mol. The number of terminal acetylenes is 1. The Labute approximate surface area is 75.9 Å². The second-order valence-electron chi connectivity index (χ2n) is 3.96. The Balaban J connectivity index is 2.06. The molecule has 12 heavy (non-hydrogen) atoms. The van der Waals surface area contributed by atoms with Gasteiger partial charge in [-0.05, 0) is 31.2 Å². The first-order valence-corrected chi connectivity index (χ1v) is 4.97. The lowest BCUT2D eigenvalue weighted by Crippen LogP contribution is -2.26. The minimum Gasteiger partial charge on any atom is -0.306 e. The van der Waals surface area contributed by atoms with Crippen LogP contribution in [-0.2, 0) is 0 Å². The molecular weight excluding hydrogens is 146 g/mol. The lowest BCUT2D eigenvalue weighted by molar-refractivity contribution is 0.284. The first-order valence-electron chi connectivity index (χ1n) is 4.97. The van der Waals surface area contributed by atoms with Crippen LogP contribution >= 0.6 is 0 Å². The summed E-state index contributed by atoms with van der Waals surface area (Å²) in [7, 11) is 0. The van der Waals surface area contributed by atoms with Gasteiger partial charge in [0.25, 0.3) is 0 Å². The summed E-state index contributed by atoms with van der Waals surface area (Å²) in [5.74, 6) is 4.44. The molecule has 1 saturated carbocycles. The third kappa shape index (κ3) is 3.28. The third-order valence-corrected chi connectivity index (χ3v) is 2.80. The number of hydrogen-bond acceptors (Lipinski definition) is 1. The molecule has 1 fully saturated rings. The zero-order chi connectivity index (χ0) is 8.81. The largest absolute Gasteiger partial charge is 0.306 e. The van der Waals surface area contributed by atoms with E-state index in [0.29, 0.717) is 0 Å². The Hall–Kier alpha value is -0.480. The molecule has 0 spiro atoms. The van der Waals surface area contributed by atoms with Crippen LogP contribution in [0.5, 0.6) is 0 Å². The van der Waals surface area contributed by atoms with E-state index < -0.39 is 0 Å². The second-order valence-corrected chi connectivity index (χ2v) is 3.96. The summed E-state index contributed by atoms with van der Waals surface area (Å²) >= 11 is 0. The Kier molecular flexibility index (Phi) is 4.18. The molecule has 0 aliphatic heterocycles. The Bertz CT molecular complexity index is 149. The van der Waals surface area contributed by atoms with E-state index in [4.69, 9.17) is 6.42 Å². The minimum atomic E-state index is 0.728. The van der Waals surface area contributed by atoms with Gasteiger partial charge < -0.3 is 5.32 Å². The minimum absolute atomic E-state index is 0.728. The van der Waals surface area contributed by atoms with Gasteiger partial charge in [-0.15, -0.1) is 6.42 Å². The van der Waals surface area contributed by atoms with Crippen LogP contribution in [0.25, 0.3) is 0 Å². The van der Waals surface area contributed by atoms with Gasteiger partial charge in [-0.1, -0.05) is 25.7 Å². The summed E-state index contributed by atoms with van der Waals surface area (Å²) in [6, 6.07) is 0. The van der Waals surface area contributed by atoms with Crippen LogP contribution in [0, 0.1) is 24.2 Å². The van der Waals surface area contributed by atoms with Gasteiger partial charge in [0.1, 0.15) is 0 Å². The molecule has 0 unspecified atom stereocenters. The molecule has 1 rings (SSSR count). The Morgan fingerprint density at radius 1 is 1.33 bits per heavy atom. The van der Waals surface area contributed by atoms with E-state index in [1.165, 1.54) is 25.7 Å². The van der Waals surface area contributed by atoms with E-state index >= 15 is 0 Å². The lowest BCUT2D eigenvalue weighted by Gasteiger charge is -2.25. The number of rotatable bonds is 3. The summed E-state index contributed by atoms with van der Waals surface area (Å²) in [5, 5.41) is 3.28. The summed E-state index contributed by atoms with van der Waals surface area (Å²) in [6.07, 6.45) is 10.7. The van der Waals surface area contributed by atoms with Crippen LogP contribution in [0.4, 0.5) is 0 Å². The van der Waals surface area contributed by atoms with Gasteiger partial charge in [-0.2, -0.15) is 0 Å². The van der Waals surface area contributed by atoms with Gasteiger partial charge in [-0.3, -0.25) is 0 Å². The van der Waals surface area contributed by atoms with E-state index in [2.05, 4.69) is 18.2 Å². The van der Waals surface area contributed by atoms with E-state index in [0.717, 1.165) is 24.9 Å². The topological polar surface area (TPSA) is 12.0 Å². The van der Waals surface area contributed by atoms with Crippen molar-refractivity contribution < 1.29 is 0 Å². The summed E-state index contributed by atoms with van der Waals surface area (Å²) in [4.78, 5) is 0. The molecule has 1 N–H and O–H groups in total. The summed E-state index contributed by atoms with van der Waals surface area (Å²) in [5.41, 5.74) is 0. The van der Waals surface area contributed by atoms with Crippen molar-refractivity contribution >= 4 is 0 Å². The highest BCUT2D eigenvalue weighted by Gasteiger charge is 2.17. The molecular formula is C11H19N. The maximum Gasteiger partial charge on any atom is 0.0573 e. The number of nitrogens with one attached hydrogen (secondary N) is 1. The smallest absolute Gasteiger partial charge is 0.0573 e. The fourth-order valence-electron chi connectivity index (χ4n) is 1.88. The molecule has 1 nitrogen and oxygen atoms in total. The van der Waals surface area contributed by atoms with Crippen molar-refractivity contribution in [1.82, 2.24) is 5.32 Å². The van der Waals surface area contributed by atoms with Gasteiger partial charge in [-0.25, -0.2) is 0 Å². The van der Waals surface area contributed by atoms with Crippen molar-refractivity contribution in [3.05, 3.63) is 0 Å².